The highest BCUT2D eigenvalue weighted by Crippen LogP contribution is 2.40. The summed E-state index contributed by atoms with van der Waals surface area (Å²) in [6.45, 7) is 4.88. The van der Waals surface area contributed by atoms with Gasteiger partial charge in [-0.15, -0.1) is 11.8 Å². The van der Waals surface area contributed by atoms with E-state index in [0.717, 1.165) is 51.1 Å². The molecule has 1 saturated carbocycles. The molecule has 1 aromatic rings. The number of amides is 2. The molecule has 2 amide bonds. The number of rotatable bonds is 5. The maximum absolute atomic E-state index is 12.4. The predicted octanol–water partition coefficient (Wildman–Crippen LogP) is 3.12. The van der Waals surface area contributed by atoms with Crippen LogP contribution >= 0.6 is 35.0 Å². The monoisotopic (exact) mass is 427 g/mol. The van der Waals surface area contributed by atoms with Crippen LogP contribution in [0.2, 0.25) is 10.0 Å². The van der Waals surface area contributed by atoms with E-state index in [1.807, 2.05) is 21.9 Å². The molecule has 1 aromatic carbocycles. The minimum atomic E-state index is -0.00926. The van der Waals surface area contributed by atoms with Crippen LogP contribution in [0.3, 0.4) is 0 Å². The minimum absolute atomic E-state index is 0.00926. The molecule has 2 heterocycles. The van der Waals surface area contributed by atoms with E-state index in [-0.39, 0.29) is 11.3 Å². The molecule has 1 unspecified atom stereocenters. The lowest BCUT2D eigenvalue weighted by molar-refractivity contribution is -0.134. The van der Waals surface area contributed by atoms with Crippen LogP contribution in [0, 0.1) is 5.92 Å². The summed E-state index contributed by atoms with van der Waals surface area (Å²) in [6.07, 6.45) is 2.12. The van der Waals surface area contributed by atoms with Crippen molar-refractivity contribution in [2.75, 3.05) is 45.0 Å². The maximum Gasteiger partial charge on any atom is 0.233 e. The van der Waals surface area contributed by atoms with Gasteiger partial charge in [-0.1, -0.05) is 29.3 Å². The standard InChI is InChI=1S/C19H23Cl2N3O2S/c20-15-4-3-14(11-16(15)21)19-24(17(25)12-27-19)10-7-22-5-8-23(9-6-22)18(26)13-1-2-13/h3-4,11,13,19H,1-2,5-10,12H2. The molecule has 3 aliphatic rings. The van der Waals surface area contributed by atoms with Crippen LogP contribution in [-0.4, -0.2) is 71.5 Å². The van der Waals surface area contributed by atoms with Crippen molar-refractivity contribution in [1.82, 2.24) is 14.7 Å². The summed E-state index contributed by atoms with van der Waals surface area (Å²) in [5.41, 5.74) is 1.01. The van der Waals surface area contributed by atoms with E-state index in [9.17, 15) is 9.59 Å². The molecule has 1 aliphatic carbocycles. The molecule has 3 fully saturated rings. The molecule has 0 bridgehead atoms. The number of benzene rings is 1. The van der Waals surface area contributed by atoms with Gasteiger partial charge in [-0.25, -0.2) is 0 Å². The fourth-order valence-corrected chi connectivity index (χ4v) is 5.18. The Labute approximate surface area is 173 Å². The lowest BCUT2D eigenvalue weighted by atomic mass is 10.2. The molecule has 2 aliphatic heterocycles. The van der Waals surface area contributed by atoms with Gasteiger partial charge in [0.05, 0.1) is 15.8 Å². The van der Waals surface area contributed by atoms with Crippen molar-refractivity contribution in [3.63, 3.8) is 0 Å². The lowest BCUT2D eigenvalue weighted by Gasteiger charge is -2.36. The third kappa shape index (κ3) is 4.39. The Morgan fingerprint density at radius 3 is 2.48 bits per heavy atom. The average Bonchev–Trinajstić information content (AvgIpc) is 3.46. The third-order valence-electron chi connectivity index (χ3n) is 5.46. The number of piperazine rings is 1. The van der Waals surface area contributed by atoms with Crippen LogP contribution in [-0.2, 0) is 9.59 Å². The first kappa shape index (κ1) is 19.4. The normalized spacial score (nSPS) is 23.9. The number of thioether (sulfide) groups is 1. The Morgan fingerprint density at radius 1 is 1.07 bits per heavy atom. The Balaban J connectivity index is 1.32. The van der Waals surface area contributed by atoms with Crippen LogP contribution in [0.4, 0.5) is 0 Å². The van der Waals surface area contributed by atoms with Crippen molar-refractivity contribution in [1.29, 1.82) is 0 Å². The van der Waals surface area contributed by atoms with Gasteiger partial charge >= 0.3 is 0 Å². The summed E-state index contributed by atoms with van der Waals surface area (Å²) in [7, 11) is 0. The largest absolute Gasteiger partial charge is 0.340 e. The summed E-state index contributed by atoms with van der Waals surface area (Å²) < 4.78 is 0. The molecule has 2 saturated heterocycles. The fraction of sp³-hybridized carbons (Fsp3) is 0.579. The van der Waals surface area contributed by atoms with Gasteiger partial charge in [-0.05, 0) is 30.5 Å². The number of nitrogens with zero attached hydrogens (tertiary/aromatic N) is 3. The number of carbonyl (C=O) groups excluding carboxylic acids is 2. The molecule has 8 heteroatoms. The first-order valence-electron chi connectivity index (χ1n) is 9.40. The number of hydrogen-bond acceptors (Lipinski definition) is 4. The molecule has 146 valence electrons. The van der Waals surface area contributed by atoms with Crippen LogP contribution in [0.1, 0.15) is 23.8 Å². The van der Waals surface area contributed by atoms with Crippen molar-refractivity contribution in [2.24, 2.45) is 5.92 Å². The van der Waals surface area contributed by atoms with E-state index in [1.165, 1.54) is 0 Å². The Kier molecular flexibility index (Phi) is 5.88. The Bertz CT molecular complexity index is 736. The van der Waals surface area contributed by atoms with Crippen molar-refractivity contribution < 1.29 is 9.59 Å². The topological polar surface area (TPSA) is 43.9 Å². The van der Waals surface area contributed by atoms with Crippen molar-refractivity contribution >= 4 is 46.8 Å². The lowest BCUT2D eigenvalue weighted by Crippen LogP contribution is -2.50. The van der Waals surface area contributed by atoms with Gasteiger partial charge in [0.15, 0.2) is 0 Å². The smallest absolute Gasteiger partial charge is 0.233 e. The molecule has 0 spiro atoms. The van der Waals surface area contributed by atoms with Crippen LogP contribution in [0.25, 0.3) is 0 Å². The average molecular weight is 428 g/mol. The van der Waals surface area contributed by atoms with E-state index >= 15 is 0 Å². The second kappa shape index (κ2) is 8.19. The molecular weight excluding hydrogens is 405 g/mol. The van der Waals surface area contributed by atoms with E-state index in [0.29, 0.717) is 34.2 Å². The van der Waals surface area contributed by atoms with E-state index in [2.05, 4.69) is 4.90 Å². The van der Waals surface area contributed by atoms with Crippen molar-refractivity contribution in [2.45, 2.75) is 18.2 Å². The van der Waals surface area contributed by atoms with E-state index in [4.69, 9.17) is 23.2 Å². The summed E-state index contributed by atoms with van der Waals surface area (Å²) >= 11 is 13.8. The molecule has 5 nitrogen and oxygen atoms in total. The van der Waals surface area contributed by atoms with Gasteiger partial charge in [-0.3, -0.25) is 14.5 Å². The molecule has 0 radical (unpaired) electrons. The summed E-state index contributed by atoms with van der Waals surface area (Å²) in [5, 5.41) is 1.04. The second-order valence-electron chi connectivity index (χ2n) is 7.37. The molecule has 4 rings (SSSR count). The molecule has 0 N–H and O–H groups in total. The minimum Gasteiger partial charge on any atom is -0.340 e. The second-order valence-corrected chi connectivity index (χ2v) is 9.25. The van der Waals surface area contributed by atoms with Gasteiger partial charge in [-0.2, -0.15) is 0 Å². The first-order chi connectivity index (χ1) is 13.0. The quantitative estimate of drug-likeness (QED) is 0.723. The van der Waals surface area contributed by atoms with Gasteiger partial charge in [0.2, 0.25) is 11.8 Å². The zero-order chi connectivity index (χ0) is 19.0. The van der Waals surface area contributed by atoms with Crippen LogP contribution in [0.15, 0.2) is 18.2 Å². The summed E-state index contributed by atoms with van der Waals surface area (Å²) in [5.74, 6) is 1.29. The van der Waals surface area contributed by atoms with Gasteiger partial charge < -0.3 is 9.80 Å². The zero-order valence-electron chi connectivity index (χ0n) is 15.1. The van der Waals surface area contributed by atoms with Crippen LogP contribution in [0.5, 0.6) is 0 Å². The summed E-state index contributed by atoms with van der Waals surface area (Å²) in [6, 6.07) is 5.59. The fourth-order valence-electron chi connectivity index (χ4n) is 3.67. The van der Waals surface area contributed by atoms with Gasteiger partial charge in [0, 0.05) is 45.2 Å². The molecular formula is C19H23Cl2N3O2S. The molecule has 0 aromatic heterocycles. The first-order valence-corrected chi connectivity index (χ1v) is 11.2. The number of halogens is 2. The van der Waals surface area contributed by atoms with Crippen LogP contribution < -0.4 is 0 Å². The summed E-state index contributed by atoms with van der Waals surface area (Å²) in [4.78, 5) is 30.8. The SMILES string of the molecule is O=C(C1CC1)N1CCN(CCN2C(=O)CSC2c2ccc(Cl)c(Cl)c2)CC1. The Morgan fingerprint density at radius 2 is 1.81 bits per heavy atom. The molecule has 1 atom stereocenters. The van der Waals surface area contributed by atoms with Crippen molar-refractivity contribution in [3.8, 4) is 0 Å². The number of hydrogen-bond donors (Lipinski definition) is 0. The van der Waals surface area contributed by atoms with E-state index < -0.39 is 0 Å². The number of carbonyl (C=O) groups is 2. The zero-order valence-corrected chi connectivity index (χ0v) is 17.4. The highest BCUT2D eigenvalue weighted by atomic mass is 35.5. The predicted molar refractivity (Wildman–Crippen MR) is 109 cm³/mol. The maximum atomic E-state index is 12.4. The van der Waals surface area contributed by atoms with Gasteiger partial charge in [0.1, 0.15) is 5.37 Å². The Hall–Kier alpha value is -0.950. The molecule has 27 heavy (non-hydrogen) atoms. The van der Waals surface area contributed by atoms with Crippen molar-refractivity contribution in [3.05, 3.63) is 33.8 Å². The third-order valence-corrected chi connectivity index (χ3v) is 7.46. The van der Waals surface area contributed by atoms with Gasteiger partial charge in [0.25, 0.3) is 0 Å². The highest BCUT2D eigenvalue weighted by Gasteiger charge is 2.36. The van der Waals surface area contributed by atoms with E-state index in [1.54, 1.807) is 17.8 Å². The highest BCUT2D eigenvalue weighted by molar-refractivity contribution is 8.00.